The van der Waals surface area contributed by atoms with Crippen LogP contribution in [0.3, 0.4) is 0 Å². The Kier molecular flexibility index (Phi) is 19.4. The van der Waals surface area contributed by atoms with Crippen LogP contribution in [0.5, 0.6) is 0 Å². The van der Waals surface area contributed by atoms with Crippen molar-refractivity contribution in [1.29, 1.82) is 0 Å². The maximum absolute atomic E-state index is 2.32. The molecule has 0 aromatic heterocycles. The van der Waals surface area contributed by atoms with Crippen LogP contribution in [0.1, 0.15) is 34.6 Å². The summed E-state index contributed by atoms with van der Waals surface area (Å²) in [7, 11) is 0. The Bertz CT molecular complexity index is 55.3. The molecule has 70 valence electrons. The highest BCUT2D eigenvalue weighted by molar-refractivity contribution is 6.58. The molecule has 0 atom stereocenters. The van der Waals surface area contributed by atoms with Gasteiger partial charge in [0.15, 0.2) is 0 Å². The van der Waals surface area contributed by atoms with Gasteiger partial charge in [-0.05, 0) is 0 Å². The van der Waals surface area contributed by atoms with E-state index in [0.717, 1.165) is 0 Å². The average molecular weight is 197 g/mol. The summed E-state index contributed by atoms with van der Waals surface area (Å²) in [5.74, 6) is 0. The first-order valence-corrected chi connectivity index (χ1v) is 10.2. The molecule has 0 spiro atoms. The molecule has 0 saturated carbocycles. The van der Waals surface area contributed by atoms with E-state index < -0.39 is 0 Å². The van der Waals surface area contributed by atoms with Crippen molar-refractivity contribution in [3.8, 4) is 0 Å². The molecule has 0 fully saturated rings. The molecule has 0 radical (unpaired) electrons. The molecule has 0 heterocycles. The summed E-state index contributed by atoms with van der Waals surface area (Å²) in [4.78, 5) is 0. The average Bonchev–Trinajstić information content (AvgIpc) is 2.10. The zero-order chi connectivity index (χ0) is 9.82. The van der Waals surface area contributed by atoms with E-state index >= 15 is 0 Å². The normalized spacial score (nSPS) is 8.08. The van der Waals surface area contributed by atoms with Crippen LogP contribution in [0.25, 0.3) is 0 Å². The topological polar surface area (TPSA) is 0 Å². The van der Waals surface area contributed by atoms with Gasteiger partial charge in [-0.2, -0.15) is 0 Å². The third-order valence-electron chi connectivity index (χ3n) is 2.44. The fourth-order valence-electron chi connectivity index (χ4n) is 1.22. The summed E-state index contributed by atoms with van der Waals surface area (Å²) >= 11 is 0.261. The Labute approximate surface area is 93.6 Å². The van der Waals surface area contributed by atoms with Gasteiger partial charge in [-0.1, -0.05) is 50.5 Å². The second-order valence-electron chi connectivity index (χ2n) is 3.44. The van der Waals surface area contributed by atoms with Gasteiger partial charge in [-0.3, -0.25) is 0 Å². The third kappa shape index (κ3) is 13.9. The van der Waals surface area contributed by atoms with Crippen LogP contribution in [-0.4, -0.2) is 34.5 Å². The third-order valence-corrected chi connectivity index (χ3v) is 7.32. The van der Waals surface area contributed by atoms with Crippen LogP contribution in [0.2, 0.25) is 24.9 Å². The van der Waals surface area contributed by atoms with Crippen molar-refractivity contribution in [2.24, 2.45) is 0 Å². The summed E-state index contributed by atoms with van der Waals surface area (Å²) in [6.07, 6.45) is 0. The summed E-state index contributed by atoms with van der Waals surface area (Å²) in [6.45, 7) is 11.5. The molecule has 0 rings (SSSR count). The first-order valence-electron chi connectivity index (χ1n) is 5.76. The first-order chi connectivity index (χ1) is 5.76. The van der Waals surface area contributed by atoms with Gasteiger partial charge in [-0.25, -0.2) is 0 Å². The van der Waals surface area contributed by atoms with Crippen LogP contribution >= 0.6 is 0 Å². The molecule has 0 aliphatic carbocycles. The lowest BCUT2D eigenvalue weighted by atomic mass is 10.9. The molecule has 0 bridgehead atoms. The van der Waals surface area contributed by atoms with Crippen molar-refractivity contribution in [2.75, 3.05) is 0 Å². The number of hydrogen-bond donors (Lipinski definition) is 0. The monoisotopic (exact) mass is 196 g/mol. The van der Waals surface area contributed by atoms with E-state index in [2.05, 4.69) is 34.6 Å². The van der Waals surface area contributed by atoms with E-state index in [1.165, 1.54) is 24.9 Å². The van der Waals surface area contributed by atoms with Crippen molar-refractivity contribution >= 4 is 34.5 Å². The van der Waals surface area contributed by atoms with Crippen molar-refractivity contribution < 1.29 is 0 Å². The highest BCUT2D eigenvalue weighted by Gasteiger charge is 2.05. The molecule has 2 heteroatoms. The highest BCUT2D eigenvalue weighted by atomic mass is 27.2. The van der Waals surface area contributed by atoms with Crippen molar-refractivity contribution in [1.82, 2.24) is 0 Å². The molecule has 0 N–H and O–H groups in total. The smallest absolute Gasteiger partial charge is 0.149 e. The van der Waals surface area contributed by atoms with Gasteiger partial charge in [-0.15, -0.1) is 9.10 Å². The molecule has 0 aliphatic rings. The predicted octanol–water partition coefficient (Wildman–Crippen LogP) is 4.11. The van der Waals surface area contributed by atoms with E-state index in [1.807, 2.05) is 0 Å². The molecule has 0 saturated heterocycles. The Balaban J connectivity index is 0. The van der Waals surface area contributed by atoms with Gasteiger partial charge in [0.05, 0.1) is 0 Å². The number of hydrogen-bond acceptors (Lipinski definition) is 0. The molecule has 0 nitrogen and oxygen atoms in total. The van der Waals surface area contributed by atoms with Crippen molar-refractivity contribution in [2.45, 2.75) is 59.6 Å². The summed E-state index contributed by atoms with van der Waals surface area (Å²) in [5, 5.41) is 4.48. The second kappa shape index (κ2) is 14.8. The van der Waals surface area contributed by atoms with E-state index in [0.29, 0.717) is 20.4 Å². The Morgan fingerprint density at radius 2 is 1.08 bits per heavy atom. The molecule has 0 amide bonds. The molecule has 0 aromatic rings. The Morgan fingerprint density at radius 3 is 1.08 bits per heavy atom. The molecule has 0 aromatic carbocycles. The van der Waals surface area contributed by atoms with Gasteiger partial charge >= 0.3 is 20.4 Å². The zero-order valence-electron chi connectivity index (χ0n) is 9.82. The maximum Gasteiger partial charge on any atom is 0.363 e. The van der Waals surface area contributed by atoms with Crippen LogP contribution < -0.4 is 0 Å². The second-order valence-corrected chi connectivity index (χ2v) is 10.3. The lowest BCUT2D eigenvalue weighted by Crippen LogP contribution is -2.04. The lowest BCUT2D eigenvalue weighted by Gasteiger charge is -1.97. The first kappa shape index (κ1) is 15.8. The maximum atomic E-state index is 2.32. The largest absolute Gasteiger partial charge is 0.363 e. The Morgan fingerprint density at radius 1 is 0.750 bits per heavy atom. The Hall–Kier alpha value is 1.30. The van der Waals surface area contributed by atoms with Gasteiger partial charge < -0.3 is 0 Å². The highest BCUT2D eigenvalue weighted by Crippen LogP contribution is 2.01. The van der Waals surface area contributed by atoms with Crippen molar-refractivity contribution in [3.05, 3.63) is 0 Å². The van der Waals surface area contributed by atoms with E-state index in [1.54, 1.807) is 0 Å². The minimum atomic E-state index is -0.171. The summed E-state index contributed by atoms with van der Waals surface area (Å²) < 4.78 is 2.97. The summed E-state index contributed by atoms with van der Waals surface area (Å²) in [5.41, 5.74) is 0. The van der Waals surface area contributed by atoms with E-state index in [4.69, 9.17) is 0 Å². The van der Waals surface area contributed by atoms with Gasteiger partial charge in [0.1, 0.15) is 0 Å². The standard InChI is InChI=1S/5C2H5.Al.Mg/c5*1-2;;/h5*1H2,2H3;;. The predicted molar refractivity (Wildman–Crippen MR) is 63.9 cm³/mol. The quantitative estimate of drug-likeness (QED) is 0.581. The minimum Gasteiger partial charge on any atom is -0.149 e. The van der Waals surface area contributed by atoms with Gasteiger partial charge in [0.2, 0.25) is 0 Å². The van der Waals surface area contributed by atoms with E-state index in [9.17, 15) is 0 Å². The lowest BCUT2D eigenvalue weighted by molar-refractivity contribution is 1.24. The van der Waals surface area contributed by atoms with E-state index in [-0.39, 0.29) is 14.1 Å². The molecule has 0 aliphatic heterocycles. The van der Waals surface area contributed by atoms with Crippen LogP contribution in [0, 0.1) is 0 Å². The molecule has 0 unspecified atom stereocenters. The fraction of sp³-hybridized carbons (Fsp3) is 1.00. The molecular formula is C10H25AlMg. The minimum absolute atomic E-state index is 0.171. The van der Waals surface area contributed by atoms with Crippen molar-refractivity contribution in [3.63, 3.8) is 0 Å². The summed E-state index contributed by atoms with van der Waals surface area (Å²) in [6, 6.07) is 0. The van der Waals surface area contributed by atoms with Gasteiger partial charge in [0.25, 0.3) is 14.1 Å². The van der Waals surface area contributed by atoms with Gasteiger partial charge in [0, 0.05) is 0 Å². The van der Waals surface area contributed by atoms with Crippen LogP contribution in [0.4, 0.5) is 0 Å². The molecular weight excluding hydrogens is 171 g/mol. The fourth-order valence-corrected chi connectivity index (χ4v) is 3.66. The van der Waals surface area contributed by atoms with Crippen LogP contribution in [-0.2, 0) is 0 Å². The molecule has 12 heavy (non-hydrogen) atoms. The SMILES string of the molecule is C[CH2][Al]([CH2]C)[CH2]C.C[CH2][Mg][CH2]C. The zero-order valence-corrected chi connectivity index (χ0v) is 12.4. The number of rotatable bonds is 5. The van der Waals surface area contributed by atoms with Crippen LogP contribution in [0.15, 0.2) is 0 Å².